The van der Waals surface area contributed by atoms with Crippen LogP contribution in [0.15, 0.2) is 72.6 Å². The number of hydrogen-bond donors (Lipinski definition) is 0. The molecule has 0 bridgehead atoms. The number of amides is 2. The smallest absolute Gasteiger partial charge is 0.254 e. The molecule has 1 aliphatic heterocycles. The van der Waals surface area contributed by atoms with E-state index in [1.807, 2.05) is 36.1 Å². The molecule has 4 rings (SSSR count). The van der Waals surface area contributed by atoms with Gasteiger partial charge < -0.3 is 19.3 Å². The first-order valence-electron chi connectivity index (χ1n) is 11.6. The number of rotatable bonds is 9. The molecule has 6 nitrogen and oxygen atoms in total. The van der Waals surface area contributed by atoms with Crippen LogP contribution >= 0.6 is 11.3 Å². The summed E-state index contributed by atoms with van der Waals surface area (Å²) in [7, 11) is 1.56. The Labute approximate surface area is 210 Å². The van der Waals surface area contributed by atoms with Gasteiger partial charge in [-0.15, -0.1) is 17.9 Å². The first-order chi connectivity index (χ1) is 17.0. The summed E-state index contributed by atoms with van der Waals surface area (Å²) in [6.45, 7) is 6.95. The highest BCUT2D eigenvalue weighted by molar-refractivity contribution is 7.10. The van der Waals surface area contributed by atoms with Crippen LogP contribution in [-0.2, 0) is 11.2 Å². The molecule has 182 valence electrons. The molecule has 1 aliphatic rings. The van der Waals surface area contributed by atoms with Crippen molar-refractivity contribution in [1.82, 2.24) is 9.80 Å². The Balaban J connectivity index is 1.53. The molecule has 7 heteroatoms. The third-order valence-corrected chi connectivity index (χ3v) is 7.18. The van der Waals surface area contributed by atoms with Crippen LogP contribution in [-0.4, -0.2) is 55.0 Å². The number of methoxy groups -OCH3 is 1. The minimum absolute atomic E-state index is 0.0393. The maximum absolute atomic E-state index is 13.6. The lowest BCUT2D eigenvalue weighted by Crippen LogP contribution is -2.47. The third kappa shape index (κ3) is 5.57. The molecule has 0 fully saturated rings. The van der Waals surface area contributed by atoms with Crippen molar-refractivity contribution in [2.24, 2.45) is 0 Å². The molecule has 2 amide bonds. The van der Waals surface area contributed by atoms with Gasteiger partial charge in [-0.05, 0) is 60.2 Å². The maximum atomic E-state index is 13.6. The van der Waals surface area contributed by atoms with E-state index in [0.717, 1.165) is 23.3 Å². The molecule has 1 atom stereocenters. The lowest BCUT2D eigenvalue weighted by molar-refractivity contribution is -0.135. The van der Waals surface area contributed by atoms with Gasteiger partial charge in [-0.25, -0.2) is 0 Å². The molecule has 0 N–H and O–H groups in total. The number of benzene rings is 2. The average molecular weight is 491 g/mol. The van der Waals surface area contributed by atoms with Crippen LogP contribution in [0.25, 0.3) is 0 Å². The van der Waals surface area contributed by atoms with Crippen molar-refractivity contribution in [2.75, 3.05) is 33.4 Å². The summed E-state index contributed by atoms with van der Waals surface area (Å²) in [5, 5.41) is 2.07. The highest BCUT2D eigenvalue weighted by atomic mass is 32.1. The molecular weight excluding hydrogens is 460 g/mol. The van der Waals surface area contributed by atoms with Crippen LogP contribution in [0.5, 0.6) is 11.5 Å². The molecule has 2 aromatic carbocycles. The molecule has 0 radical (unpaired) electrons. The molecule has 0 saturated carbocycles. The summed E-state index contributed by atoms with van der Waals surface area (Å²) < 4.78 is 11.4. The Hall–Kier alpha value is -3.58. The van der Waals surface area contributed by atoms with E-state index in [9.17, 15) is 9.59 Å². The lowest BCUT2D eigenvalue weighted by Gasteiger charge is -2.37. The number of aryl methyl sites for hydroxylation is 1. The second-order valence-corrected chi connectivity index (χ2v) is 9.44. The Bertz CT molecular complexity index is 1200. The summed E-state index contributed by atoms with van der Waals surface area (Å²) in [6, 6.07) is 16.7. The molecule has 0 unspecified atom stereocenters. The minimum atomic E-state index is -0.238. The van der Waals surface area contributed by atoms with Crippen molar-refractivity contribution in [3.63, 3.8) is 0 Å². The van der Waals surface area contributed by atoms with Gasteiger partial charge in [-0.1, -0.05) is 30.3 Å². The highest BCUT2D eigenvalue weighted by Gasteiger charge is 2.33. The second kappa shape index (κ2) is 11.2. The largest absolute Gasteiger partial charge is 0.497 e. The number of ether oxygens (including phenoxy) is 2. The fourth-order valence-corrected chi connectivity index (χ4v) is 5.26. The second-order valence-electron chi connectivity index (χ2n) is 8.43. The van der Waals surface area contributed by atoms with E-state index in [0.29, 0.717) is 24.5 Å². The van der Waals surface area contributed by atoms with E-state index < -0.39 is 0 Å². The van der Waals surface area contributed by atoms with Gasteiger partial charge >= 0.3 is 0 Å². The van der Waals surface area contributed by atoms with Crippen LogP contribution in [0, 0.1) is 6.92 Å². The number of hydrogen-bond acceptors (Lipinski definition) is 5. The predicted octanol–water partition coefficient (Wildman–Crippen LogP) is 4.90. The van der Waals surface area contributed by atoms with Gasteiger partial charge in [-0.3, -0.25) is 9.59 Å². The van der Waals surface area contributed by atoms with Crippen molar-refractivity contribution < 1.29 is 19.1 Å². The first-order valence-corrected chi connectivity index (χ1v) is 12.5. The molecule has 2 heterocycles. The van der Waals surface area contributed by atoms with Gasteiger partial charge in [0.1, 0.15) is 24.7 Å². The topological polar surface area (TPSA) is 59.1 Å². The number of carbonyl (C=O) groups is 2. The zero-order valence-corrected chi connectivity index (χ0v) is 20.9. The van der Waals surface area contributed by atoms with E-state index in [4.69, 9.17) is 9.47 Å². The standard InChI is InChI=1S/C28H30N2O4S/c1-4-14-29(28(32)21-9-7-10-22(17-21)33-3)18-27(31)30-15-12-26-23(13-16-35-26)24(30)19-34-25-11-6-5-8-20(25)2/h4-11,13,16-17,24H,1,12,14-15,18-19H2,2-3H3/t24-/m0/s1. The summed E-state index contributed by atoms with van der Waals surface area (Å²) in [5.74, 6) is 1.05. The van der Waals surface area contributed by atoms with E-state index in [1.165, 1.54) is 9.78 Å². The number of thiophene rings is 1. The zero-order chi connectivity index (χ0) is 24.8. The molecule has 35 heavy (non-hydrogen) atoms. The van der Waals surface area contributed by atoms with Crippen LogP contribution in [0.4, 0.5) is 0 Å². The number of carbonyl (C=O) groups excluding carboxylic acids is 2. The van der Waals surface area contributed by atoms with E-state index >= 15 is 0 Å². The summed E-state index contributed by atoms with van der Waals surface area (Å²) in [4.78, 5) is 31.5. The number of fused-ring (bicyclic) bond motifs is 1. The summed E-state index contributed by atoms with van der Waals surface area (Å²) >= 11 is 1.71. The van der Waals surface area contributed by atoms with Crippen LogP contribution < -0.4 is 9.47 Å². The van der Waals surface area contributed by atoms with E-state index in [-0.39, 0.29) is 30.9 Å². The van der Waals surface area contributed by atoms with Crippen LogP contribution in [0.2, 0.25) is 0 Å². The fraction of sp³-hybridized carbons (Fsp3) is 0.286. The summed E-state index contributed by atoms with van der Waals surface area (Å²) in [5.41, 5.74) is 2.64. The van der Waals surface area contributed by atoms with Gasteiger partial charge in [0.2, 0.25) is 5.91 Å². The number of para-hydroxylation sites is 1. The van der Waals surface area contributed by atoms with Gasteiger partial charge in [0.05, 0.1) is 13.2 Å². The van der Waals surface area contributed by atoms with Crippen molar-refractivity contribution in [3.05, 3.63) is 94.2 Å². The Morgan fingerprint density at radius 2 is 2.03 bits per heavy atom. The van der Waals surface area contributed by atoms with Gasteiger partial charge in [-0.2, -0.15) is 0 Å². The van der Waals surface area contributed by atoms with Crippen molar-refractivity contribution in [3.8, 4) is 11.5 Å². The third-order valence-electron chi connectivity index (χ3n) is 6.19. The van der Waals surface area contributed by atoms with Crippen molar-refractivity contribution in [1.29, 1.82) is 0 Å². The Morgan fingerprint density at radius 3 is 2.80 bits per heavy atom. The quantitative estimate of drug-likeness (QED) is 0.401. The first kappa shape index (κ1) is 24.5. The van der Waals surface area contributed by atoms with Gasteiger partial charge in [0.15, 0.2) is 0 Å². The van der Waals surface area contributed by atoms with E-state index in [2.05, 4.69) is 18.0 Å². The monoisotopic (exact) mass is 490 g/mol. The van der Waals surface area contributed by atoms with Crippen molar-refractivity contribution >= 4 is 23.2 Å². The molecule has 0 saturated heterocycles. The molecular formula is C28H30N2O4S. The average Bonchev–Trinajstić information content (AvgIpc) is 3.36. The predicted molar refractivity (Wildman–Crippen MR) is 138 cm³/mol. The lowest BCUT2D eigenvalue weighted by atomic mass is 10.00. The fourth-order valence-electron chi connectivity index (χ4n) is 4.33. The van der Waals surface area contributed by atoms with Crippen LogP contribution in [0.3, 0.4) is 0 Å². The molecule has 0 spiro atoms. The normalized spacial score (nSPS) is 14.7. The van der Waals surface area contributed by atoms with Gasteiger partial charge in [0, 0.05) is 23.5 Å². The Kier molecular flexibility index (Phi) is 7.87. The molecule has 1 aromatic heterocycles. The SMILES string of the molecule is C=CCN(CC(=O)N1CCc2sccc2[C@@H]1COc1ccccc1C)C(=O)c1cccc(OC)c1. The van der Waals surface area contributed by atoms with Crippen molar-refractivity contribution in [2.45, 2.75) is 19.4 Å². The maximum Gasteiger partial charge on any atom is 0.254 e. The highest BCUT2D eigenvalue weighted by Crippen LogP contribution is 2.34. The molecule has 3 aromatic rings. The molecule has 0 aliphatic carbocycles. The minimum Gasteiger partial charge on any atom is -0.497 e. The van der Waals surface area contributed by atoms with Gasteiger partial charge in [0.25, 0.3) is 5.91 Å². The number of nitrogens with zero attached hydrogens (tertiary/aromatic N) is 2. The zero-order valence-electron chi connectivity index (χ0n) is 20.1. The Morgan fingerprint density at radius 1 is 1.20 bits per heavy atom. The van der Waals surface area contributed by atoms with E-state index in [1.54, 1.807) is 48.8 Å². The summed E-state index contributed by atoms with van der Waals surface area (Å²) in [6.07, 6.45) is 2.43. The van der Waals surface area contributed by atoms with Crippen LogP contribution in [0.1, 0.15) is 32.4 Å².